The number of hydrogen-bond acceptors (Lipinski definition) is 6. The summed E-state index contributed by atoms with van der Waals surface area (Å²) in [4.78, 5) is 0. The van der Waals surface area contributed by atoms with Crippen LogP contribution in [0.2, 0.25) is 0 Å². The molecule has 0 aliphatic carbocycles. The number of aliphatic hydroxyl groups is 6. The summed E-state index contributed by atoms with van der Waals surface area (Å²) in [6, 6.07) is 0. The molecule has 0 atom stereocenters. The van der Waals surface area contributed by atoms with Crippen molar-refractivity contribution in [1.29, 1.82) is 0 Å². The van der Waals surface area contributed by atoms with Crippen molar-refractivity contribution in [1.82, 2.24) is 0 Å². The van der Waals surface area contributed by atoms with Crippen molar-refractivity contribution in [3.63, 3.8) is 0 Å². The molecule has 0 radical (unpaired) electrons. The summed E-state index contributed by atoms with van der Waals surface area (Å²) in [7, 11) is 0. The Morgan fingerprint density at radius 3 is 0.800 bits per heavy atom. The Morgan fingerprint density at radius 1 is 0.560 bits per heavy atom. The van der Waals surface area contributed by atoms with Crippen molar-refractivity contribution in [3.8, 4) is 0 Å². The molecule has 0 aromatic rings. The third kappa shape index (κ3) is 12.5. The molecule has 0 aliphatic heterocycles. The summed E-state index contributed by atoms with van der Waals surface area (Å²) in [6.07, 6.45) is 2.38. The van der Waals surface area contributed by atoms with Crippen LogP contribution in [0.15, 0.2) is 11.1 Å². The molecule has 0 rings (SSSR count). The monoisotopic (exact) mass is 366 g/mol. The fourth-order valence-electron chi connectivity index (χ4n) is 1.32. The predicted octanol–water partition coefficient (Wildman–Crippen LogP) is 1.47. The largest absolute Gasteiger partial charge is 0.396 e. The third-order valence-corrected chi connectivity index (χ3v) is 4.90. The van der Waals surface area contributed by atoms with E-state index in [-0.39, 0.29) is 39.6 Å². The van der Waals surface area contributed by atoms with Crippen molar-refractivity contribution < 1.29 is 30.6 Å². The quantitative estimate of drug-likeness (QED) is 0.344. The first-order chi connectivity index (χ1) is 11.7. The molecule has 0 saturated heterocycles. The van der Waals surface area contributed by atoms with Gasteiger partial charge in [-0.25, -0.2) is 0 Å². The van der Waals surface area contributed by atoms with Gasteiger partial charge < -0.3 is 30.6 Å². The molecule has 6 N–H and O–H groups in total. The minimum atomic E-state index is -0.667. The van der Waals surface area contributed by atoms with Crippen molar-refractivity contribution in [3.05, 3.63) is 11.1 Å². The maximum absolute atomic E-state index is 8.66. The molecule has 0 amide bonds. The molecule has 0 unspecified atom stereocenters. The van der Waals surface area contributed by atoms with Crippen LogP contribution in [0.5, 0.6) is 0 Å². The summed E-state index contributed by atoms with van der Waals surface area (Å²) >= 11 is 0. The van der Waals surface area contributed by atoms with Gasteiger partial charge in [0.15, 0.2) is 0 Å². The zero-order valence-electron chi connectivity index (χ0n) is 17.0. The zero-order valence-corrected chi connectivity index (χ0v) is 17.0. The first-order valence-electron chi connectivity index (χ1n) is 8.95. The molecule has 0 saturated carbocycles. The normalized spacial score (nSPS) is 11.0. The number of aliphatic hydroxyl groups excluding tert-OH is 6. The van der Waals surface area contributed by atoms with Crippen LogP contribution in [-0.2, 0) is 0 Å². The Kier molecular flexibility index (Phi) is 19.8. The third-order valence-electron chi connectivity index (χ3n) is 4.90. The Morgan fingerprint density at radius 2 is 0.800 bits per heavy atom. The lowest BCUT2D eigenvalue weighted by atomic mass is 9.88. The van der Waals surface area contributed by atoms with Crippen LogP contribution in [0.25, 0.3) is 0 Å². The van der Waals surface area contributed by atoms with Crippen LogP contribution in [0.1, 0.15) is 60.8 Å². The molecule has 0 aromatic carbocycles. The summed E-state index contributed by atoms with van der Waals surface area (Å²) in [5.74, 6) is 0. The summed E-state index contributed by atoms with van der Waals surface area (Å²) in [5, 5.41) is 51.9. The van der Waals surface area contributed by atoms with E-state index in [0.29, 0.717) is 12.8 Å². The van der Waals surface area contributed by atoms with Gasteiger partial charge in [-0.1, -0.05) is 31.9 Å². The molecule has 6 nitrogen and oxygen atoms in total. The highest BCUT2D eigenvalue weighted by molar-refractivity contribution is 5.05. The standard InChI is InChI=1S/C7H14.2C6H14O3/c1-5-7(4)6(2)3;2*1-2-6(3-7,4-8)5-9/h5H2,1-4H3;2*7-9H,2-5H2,1H3. The van der Waals surface area contributed by atoms with Gasteiger partial charge in [-0.15, -0.1) is 0 Å². The Bertz CT molecular complexity index is 261. The molecule has 0 aliphatic rings. The molecule has 0 aromatic heterocycles. The van der Waals surface area contributed by atoms with Crippen LogP contribution >= 0.6 is 0 Å². The molecule has 25 heavy (non-hydrogen) atoms. The predicted molar refractivity (Wildman–Crippen MR) is 102 cm³/mol. The van der Waals surface area contributed by atoms with E-state index in [1.54, 1.807) is 0 Å². The molecular formula is C19H42O6. The van der Waals surface area contributed by atoms with Gasteiger partial charge >= 0.3 is 0 Å². The average molecular weight is 367 g/mol. The van der Waals surface area contributed by atoms with Crippen LogP contribution in [0.4, 0.5) is 0 Å². The molecular weight excluding hydrogens is 324 g/mol. The molecule has 0 spiro atoms. The minimum absolute atomic E-state index is 0.156. The molecule has 154 valence electrons. The van der Waals surface area contributed by atoms with E-state index in [1.807, 2.05) is 13.8 Å². The second-order valence-electron chi connectivity index (χ2n) is 6.79. The Balaban J connectivity index is -0.000000293. The lowest BCUT2D eigenvalue weighted by Gasteiger charge is -2.24. The zero-order chi connectivity index (χ0) is 20.5. The second-order valence-corrected chi connectivity index (χ2v) is 6.79. The molecule has 6 heteroatoms. The van der Waals surface area contributed by atoms with Crippen LogP contribution in [0.3, 0.4) is 0 Å². The summed E-state index contributed by atoms with van der Waals surface area (Å²) < 4.78 is 0. The van der Waals surface area contributed by atoms with Crippen molar-refractivity contribution in [2.45, 2.75) is 60.8 Å². The van der Waals surface area contributed by atoms with E-state index in [0.717, 1.165) is 0 Å². The average Bonchev–Trinajstić information content (AvgIpc) is 2.66. The van der Waals surface area contributed by atoms with Gasteiger partial charge in [0.25, 0.3) is 0 Å². The Hall–Kier alpha value is -0.500. The van der Waals surface area contributed by atoms with Gasteiger partial charge in [-0.3, -0.25) is 0 Å². The number of allylic oxidation sites excluding steroid dienone is 2. The SMILES string of the molecule is CCC(C)=C(C)C.CCC(CO)(CO)CO.CCC(CO)(CO)CO. The number of hydrogen-bond donors (Lipinski definition) is 6. The lowest BCUT2D eigenvalue weighted by molar-refractivity contribution is 0.00275. The summed E-state index contributed by atoms with van der Waals surface area (Å²) in [5.41, 5.74) is 1.64. The van der Waals surface area contributed by atoms with Gasteiger partial charge in [0.05, 0.1) is 39.6 Å². The van der Waals surface area contributed by atoms with Gasteiger partial charge in [0.1, 0.15) is 0 Å². The highest BCUT2D eigenvalue weighted by Gasteiger charge is 2.25. The maximum atomic E-state index is 8.66. The van der Waals surface area contributed by atoms with Crippen LogP contribution in [-0.4, -0.2) is 70.3 Å². The van der Waals surface area contributed by atoms with Crippen LogP contribution in [0, 0.1) is 10.8 Å². The molecule has 0 heterocycles. The summed E-state index contributed by atoms with van der Waals surface area (Å²) in [6.45, 7) is 11.4. The molecule has 0 bridgehead atoms. The highest BCUT2D eigenvalue weighted by Crippen LogP contribution is 2.18. The Labute approximate surface area is 153 Å². The van der Waals surface area contributed by atoms with Crippen molar-refractivity contribution in [2.75, 3.05) is 39.6 Å². The van der Waals surface area contributed by atoms with E-state index >= 15 is 0 Å². The van der Waals surface area contributed by atoms with Crippen molar-refractivity contribution >= 4 is 0 Å². The fraction of sp³-hybridized carbons (Fsp3) is 0.895. The van der Waals surface area contributed by atoms with Gasteiger partial charge in [0.2, 0.25) is 0 Å². The van der Waals surface area contributed by atoms with Crippen molar-refractivity contribution in [2.24, 2.45) is 10.8 Å². The second kappa shape index (κ2) is 16.9. The van der Waals surface area contributed by atoms with Gasteiger partial charge in [0, 0.05) is 10.8 Å². The first-order valence-corrected chi connectivity index (χ1v) is 8.95. The van der Waals surface area contributed by atoms with Gasteiger partial charge in [-0.2, -0.15) is 0 Å². The van der Waals surface area contributed by atoms with E-state index in [1.165, 1.54) is 17.6 Å². The highest BCUT2D eigenvalue weighted by atomic mass is 16.3. The smallest absolute Gasteiger partial charge is 0.0531 e. The first kappa shape index (κ1) is 29.3. The fourth-order valence-corrected chi connectivity index (χ4v) is 1.32. The topological polar surface area (TPSA) is 121 Å². The maximum Gasteiger partial charge on any atom is 0.0531 e. The molecule has 0 fully saturated rings. The van der Waals surface area contributed by atoms with E-state index < -0.39 is 10.8 Å². The van der Waals surface area contributed by atoms with Crippen LogP contribution < -0.4 is 0 Å². The lowest BCUT2D eigenvalue weighted by Crippen LogP contribution is -2.32. The van der Waals surface area contributed by atoms with E-state index in [2.05, 4.69) is 27.7 Å². The number of rotatable bonds is 9. The van der Waals surface area contributed by atoms with Gasteiger partial charge in [-0.05, 0) is 40.0 Å². The van der Waals surface area contributed by atoms with E-state index in [4.69, 9.17) is 30.6 Å². The van der Waals surface area contributed by atoms with E-state index in [9.17, 15) is 0 Å². The minimum Gasteiger partial charge on any atom is -0.396 e.